The summed E-state index contributed by atoms with van der Waals surface area (Å²) in [5.74, 6) is -0.174. The van der Waals surface area contributed by atoms with Crippen molar-refractivity contribution < 1.29 is 27.5 Å². The number of anilines is 1. The number of nitrogens with one attached hydrogen (secondary N) is 2. The molecule has 9 heteroatoms. The predicted octanol–water partition coefficient (Wildman–Crippen LogP) is 2.37. The largest absolute Gasteiger partial charge is 0.576 e. The minimum Gasteiger partial charge on any atom is -0.356 e. The molecule has 0 aliphatic carbocycles. The first-order valence-electron chi connectivity index (χ1n) is 5.86. The first kappa shape index (κ1) is 14.8. The van der Waals surface area contributed by atoms with Gasteiger partial charge in [0, 0.05) is 18.5 Å². The molecule has 0 bridgehead atoms. The van der Waals surface area contributed by atoms with Gasteiger partial charge in [-0.25, -0.2) is 10.2 Å². The van der Waals surface area contributed by atoms with E-state index in [1.165, 1.54) is 12.1 Å². The lowest BCUT2D eigenvalue weighted by Crippen LogP contribution is -2.26. The second-order valence-corrected chi connectivity index (χ2v) is 4.13. The van der Waals surface area contributed by atoms with Gasteiger partial charge in [0.05, 0.1) is 5.71 Å². The lowest BCUT2D eigenvalue weighted by molar-refractivity contribution is -0.289. The van der Waals surface area contributed by atoms with Crippen molar-refractivity contribution in [3.05, 3.63) is 29.8 Å². The van der Waals surface area contributed by atoms with Gasteiger partial charge in [-0.3, -0.25) is 10.1 Å². The zero-order valence-electron chi connectivity index (χ0n) is 10.5. The molecule has 2 N–H and O–H groups in total. The molecule has 1 heterocycles. The molecule has 2 rings (SSSR count). The summed E-state index contributed by atoms with van der Waals surface area (Å²) in [6.45, 7) is 0. The topological polar surface area (TPSA) is 79.8 Å². The monoisotopic (exact) mass is 301 g/mol. The molecule has 0 fully saturated rings. The van der Waals surface area contributed by atoms with Crippen LogP contribution in [0.2, 0.25) is 0 Å². The summed E-state index contributed by atoms with van der Waals surface area (Å²) in [5, 5.41) is 5.82. The van der Waals surface area contributed by atoms with Crippen LogP contribution in [0.4, 0.5) is 23.7 Å². The van der Waals surface area contributed by atoms with Crippen molar-refractivity contribution in [1.82, 2.24) is 5.43 Å². The Labute approximate surface area is 117 Å². The Bertz CT molecular complexity index is 582. The number of ether oxygens (including phenoxy) is 1. The highest BCUT2D eigenvalue weighted by Crippen LogP contribution is 2.18. The van der Waals surface area contributed by atoms with Crippen LogP contribution in [0, 0.1) is 0 Å². The first-order chi connectivity index (χ1) is 9.83. The number of nitrogens with zero attached hydrogens (tertiary/aromatic N) is 1. The second-order valence-electron chi connectivity index (χ2n) is 4.13. The number of halogens is 3. The molecular formula is C12H10F3N3O3. The third-order valence-electron chi connectivity index (χ3n) is 2.58. The Balaban J connectivity index is 1.99. The molecule has 1 aromatic rings. The zero-order valence-corrected chi connectivity index (χ0v) is 10.5. The minimum absolute atomic E-state index is 0.147. The van der Waals surface area contributed by atoms with Gasteiger partial charge in [0.15, 0.2) is 0 Å². The highest BCUT2D eigenvalue weighted by molar-refractivity contribution is 6.04. The van der Waals surface area contributed by atoms with Gasteiger partial charge < -0.3 is 4.74 Å². The van der Waals surface area contributed by atoms with Gasteiger partial charge in [-0.1, -0.05) is 12.1 Å². The Morgan fingerprint density at radius 1 is 1.24 bits per heavy atom. The van der Waals surface area contributed by atoms with Gasteiger partial charge in [0.25, 0.3) is 0 Å². The van der Waals surface area contributed by atoms with Crippen LogP contribution < -0.4 is 10.7 Å². The summed E-state index contributed by atoms with van der Waals surface area (Å²) in [4.78, 5) is 21.9. The zero-order chi connectivity index (χ0) is 15.5. The van der Waals surface area contributed by atoms with Gasteiger partial charge in [-0.15, -0.1) is 13.2 Å². The Kier molecular flexibility index (Phi) is 4.10. The van der Waals surface area contributed by atoms with Crippen molar-refractivity contribution in [1.29, 1.82) is 0 Å². The first-order valence-corrected chi connectivity index (χ1v) is 5.86. The SMILES string of the molecule is O=C1CCC(c2ccc(NC(=O)OC(F)(F)F)cc2)=NN1. The van der Waals surface area contributed by atoms with Crippen molar-refractivity contribution in [2.45, 2.75) is 19.2 Å². The fourth-order valence-corrected chi connectivity index (χ4v) is 1.68. The smallest absolute Gasteiger partial charge is 0.356 e. The van der Waals surface area contributed by atoms with Crippen molar-refractivity contribution in [3.8, 4) is 0 Å². The van der Waals surface area contributed by atoms with E-state index in [9.17, 15) is 22.8 Å². The van der Waals surface area contributed by atoms with E-state index in [2.05, 4.69) is 15.3 Å². The molecule has 0 radical (unpaired) electrons. The van der Waals surface area contributed by atoms with E-state index >= 15 is 0 Å². The summed E-state index contributed by atoms with van der Waals surface area (Å²) >= 11 is 0. The van der Waals surface area contributed by atoms with Crippen LogP contribution in [0.25, 0.3) is 0 Å². The van der Waals surface area contributed by atoms with Crippen LogP contribution in [0.15, 0.2) is 29.4 Å². The third-order valence-corrected chi connectivity index (χ3v) is 2.58. The normalized spacial score (nSPS) is 15.0. The summed E-state index contributed by atoms with van der Waals surface area (Å²) < 4.78 is 38.6. The number of amides is 2. The number of hydrogen-bond acceptors (Lipinski definition) is 4. The quantitative estimate of drug-likeness (QED) is 0.880. The van der Waals surface area contributed by atoms with Crippen LogP contribution in [0.3, 0.4) is 0 Å². The molecule has 6 nitrogen and oxygen atoms in total. The fourth-order valence-electron chi connectivity index (χ4n) is 1.68. The van der Waals surface area contributed by atoms with Crippen molar-refractivity contribution in [3.63, 3.8) is 0 Å². The Hall–Kier alpha value is -2.58. The summed E-state index contributed by atoms with van der Waals surface area (Å²) in [7, 11) is 0. The number of carbonyl (C=O) groups is 2. The molecule has 1 aromatic carbocycles. The predicted molar refractivity (Wildman–Crippen MR) is 66.5 cm³/mol. The lowest BCUT2D eigenvalue weighted by Gasteiger charge is -2.13. The summed E-state index contributed by atoms with van der Waals surface area (Å²) in [6.07, 6.45) is -5.86. The van der Waals surface area contributed by atoms with Crippen LogP contribution in [0.1, 0.15) is 18.4 Å². The van der Waals surface area contributed by atoms with Crippen LogP contribution >= 0.6 is 0 Å². The van der Waals surface area contributed by atoms with Crippen molar-refractivity contribution >= 4 is 23.4 Å². The van der Waals surface area contributed by atoms with Gasteiger partial charge in [-0.05, 0) is 17.7 Å². The maximum absolute atomic E-state index is 11.8. The average Bonchev–Trinajstić information content (AvgIpc) is 2.38. The molecule has 0 saturated heterocycles. The minimum atomic E-state index is -5.03. The molecule has 1 aliphatic heterocycles. The molecule has 0 atom stereocenters. The molecular weight excluding hydrogens is 291 g/mol. The van der Waals surface area contributed by atoms with E-state index < -0.39 is 12.5 Å². The number of hydrogen-bond donors (Lipinski definition) is 2. The number of rotatable bonds is 2. The molecule has 0 unspecified atom stereocenters. The van der Waals surface area contributed by atoms with E-state index in [-0.39, 0.29) is 11.6 Å². The van der Waals surface area contributed by atoms with Gasteiger partial charge in [0.1, 0.15) is 0 Å². The van der Waals surface area contributed by atoms with E-state index in [0.717, 1.165) is 0 Å². The fraction of sp³-hybridized carbons (Fsp3) is 0.250. The van der Waals surface area contributed by atoms with E-state index in [4.69, 9.17) is 0 Å². The average molecular weight is 301 g/mol. The number of hydrazone groups is 1. The molecule has 0 spiro atoms. The number of alkyl halides is 3. The van der Waals surface area contributed by atoms with Crippen molar-refractivity contribution in [2.75, 3.05) is 5.32 Å². The maximum atomic E-state index is 11.8. The second kappa shape index (κ2) is 5.81. The van der Waals surface area contributed by atoms with E-state index in [0.29, 0.717) is 24.1 Å². The Morgan fingerprint density at radius 2 is 1.90 bits per heavy atom. The lowest BCUT2D eigenvalue weighted by atomic mass is 10.0. The van der Waals surface area contributed by atoms with Gasteiger partial charge in [0.2, 0.25) is 5.91 Å². The third kappa shape index (κ3) is 4.48. The van der Waals surface area contributed by atoms with Crippen LogP contribution in [-0.2, 0) is 9.53 Å². The summed E-state index contributed by atoms with van der Waals surface area (Å²) in [6, 6.07) is 5.96. The van der Waals surface area contributed by atoms with Gasteiger partial charge >= 0.3 is 12.5 Å². The Morgan fingerprint density at radius 3 is 2.43 bits per heavy atom. The van der Waals surface area contributed by atoms with E-state index in [1.54, 1.807) is 12.1 Å². The van der Waals surface area contributed by atoms with Crippen molar-refractivity contribution in [2.24, 2.45) is 5.10 Å². The maximum Gasteiger partial charge on any atom is 0.576 e. The van der Waals surface area contributed by atoms with E-state index in [1.807, 2.05) is 5.32 Å². The molecule has 2 amide bonds. The highest BCUT2D eigenvalue weighted by atomic mass is 19.4. The number of benzene rings is 1. The highest BCUT2D eigenvalue weighted by Gasteiger charge is 2.34. The number of carbonyl (C=O) groups excluding carboxylic acids is 2. The standard InChI is InChI=1S/C12H10F3N3O3/c13-12(14,15)21-11(20)16-8-3-1-7(2-4-8)9-5-6-10(19)18-17-9/h1-4H,5-6H2,(H,16,20)(H,18,19). The van der Waals surface area contributed by atoms with Gasteiger partial charge in [-0.2, -0.15) is 5.10 Å². The molecule has 112 valence electrons. The molecule has 0 aromatic heterocycles. The molecule has 0 saturated carbocycles. The molecule has 21 heavy (non-hydrogen) atoms. The van der Waals surface area contributed by atoms with Crippen LogP contribution in [-0.4, -0.2) is 24.1 Å². The molecule has 1 aliphatic rings. The summed E-state index contributed by atoms with van der Waals surface area (Å²) in [5.41, 5.74) is 3.83. The van der Waals surface area contributed by atoms with Crippen LogP contribution in [0.5, 0.6) is 0 Å².